The minimum absolute atomic E-state index is 0.0294. The smallest absolute Gasteiger partial charge is 0.433 e. The number of nitriles is 1. The van der Waals surface area contributed by atoms with Crippen LogP contribution in [-0.2, 0) is 4.74 Å². The Hall–Kier alpha value is -2.50. The van der Waals surface area contributed by atoms with E-state index in [4.69, 9.17) is 26.3 Å². The zero-order valence-electron chi connectivity index (χ0n) is 14.2. The maximum Gasteiger partial charge on any atom is 0.433 e. The summed E-state index contributed by atoms with van der Waals surface area (Å²) in [5, 5.41) is 9.16. The van der Waals surface area contributed by atoms with E-state index in [-0.39, 0.29) is 29.4 Å². The van der Waals surface area contributed by atoms with E-state index >= 15 is 0 Å². The van der Waals surface area contributed by atoms with Crippen LogP contribution in [0.25, 0.3) is 0 Å². The van der Waals surface area contributed by atoms with Gasteiger partial charge in [-0.25, -0.2) is 0 Å². The molecule has 27 heavy (non-hydrogen) atoms. The monoisotopic (exact) mass is 397 g/mol. The van der Waals surface area contributed by atoms with Crippen LogP contribution in [-0.4, -0.2) is 36.6 Å². The molecule has 9 heteroatoms. The van der Waals surface area contributed by atoms with Crippen LogP contribution in [0.1, 0.15) is 11.1 Å². The second-order valence-corrected chi connectivity index (χ2v) is 6.36. The molecule has 1 aliphatic rings. The van der Waals surface area contributed by atoms with Crippen LogP contribution in [0.4, 0.5) is 18.9 Å². The predicted octanol–water partition coefficient (Wildman–Crippen LogP) is 4.09. The second-order valence-electron chi connectivity index (χ2n) is 5.98. The van der Waals surface area contributed by atoms with Crippen molar-refractivity contribution in [3.8, 4) is 11.8 Å². The van der Waals surface area contributed by atoms with Gasteiger partial charge in [-0.3, -0.25) is 4.98 Å². The van der Waals surface area contributed by atoms with Crippen molar-refractivity contribution >= 4 is 17.3 Å². The second kappa shape index (κ2) is 7.62. The summed E-state index contributed by atoms with van der Waals surface area (Å²) in [6, 6.07) is 7.99. The molecule has 2 unspecified atom stereocenters. The number of nitrogens with zero attached hydrogens (tertiary/aromatic N) is 3. The zero-order valence-corrected chi connectivity index (χ0v) is 15.0. The Bertz CT molecular complexity index is 855. The molecule has 3 rings (SSSR count). The third kappa shape index (κ3) is 4.10. The summed E-state index contributed by atoms with van der Waals surface area (Å²) >= 11 is 6.11. The molecular weight excluding hydrogens is 383 g/mol. The average molecular weight is 398 g/mol. The van der Waals surface area contributed by atoms with E-state index in [1.165, 1.54) is 24.5 Å². The number of pyridine rings is 1. The highest BCUT2D eigenvalue weighted by atomic mass is 35.5. The Morgan fingerprint density at radius 3 is 2.67 bits per heavy atom. The van der Waals surface area contributed by atoms with Crippen molar-refractivity contribution in [3.05, 3.63) is 52.8 Å². The Kier molecular flexibility index (Phi) is 5.44. The van der Waals surface area contributed by atoms with E-state index in [1.807, 2.05) is 6.07 Å². The van der Waals surface area contributed by atoms with Gasteiger partial charge in [0, 0.05) is 18.1 Å². The lowest BCUT2D eigenvalue weighted by Crippen LogP contribution is -2.42. The molecule has 0 spiro atoms. The molecule has 0 amide bonds. The van der Waals surface area contributed by atoms with Gasteiger partial charge in [-0.2, -0.15) is 18.4 Å². The van der Waals surface area contributed by atoms with Gasteiger partial charge in [0.1, 0.15) is 24.5 Å². The summed E-state index contributed by atoms with van der Waals surface area (Å²) in [7, 11) is 0. The van der Waals surface area contributed by atoms with Gasteiger partial charge in [-0.1, -0.05) is 11.6 Å². The van der Waals surface area contributed by atoms with Gasteiger partial charge in [0.2, 0.25) is 6.23 Å². The fraction of sp³-hybridized carbons (Fsp3) is 0.333. The molecule has 0 aliphatic carbocycles. The molecule has 0 saturated carbocycles. The van der Waals surface area contributed by atoms with Gasteiger partial charge < -0.3 is 14.4 Å². The van der Waals surface area contributed by atoms with Crippen LogP contribution in [0, 0.1) is 18.3 Å². The van der Waals surface area contributed by atoms with Crippen molar-refractivity contribution in [2.24, 2.45) is 0 Å². The first-order valence-corrected chi connectivity index (χ1v) is 8.40. The van der Waals surface area contributed by atoms with Gasteiger partial charge in [0.25, 0.3) is 0 Å². The molecule has 1 aromatic carbocycles. The Morgan fingerprint density at radius 1 is 1.33 bits per heavy atom. The topological polar surface area (TPSA) is 58.4 Å². The van der Waals surface area contributed by atoms with Crippen LogP contribution < -0.4 is 9.64 Å². The molecule has 2 heterocycles. The SMILES string of the molecule is Cc1c(N2CC(COc3ccncc3)OC2C(F)(F)F)ccc(C#N)c1Cl. The lowest BCUT2D eigenvalue weighted by atomic mass is 10.1. The highest BCUT2D eigenvalue weighted by molar-refractivity contribution is 6.32. The molecule has 0 radical (unpaired) electrons. The molecule has 1 saturated heterocycles. The summed E-state index contributed by atoms with van der Waals surface area (Å²) in [5.74, 6) is 0.494. The molecule has 0 bridgehead atoms. The molecule has 2 aromatic rings. The van der Waals surface area contributed by atoms with Gasteiger partial charge in [0.15, 0.2) is 0 Å². The quantitative estimate of drug-likeness (QED) is 0.777. The lowest BCUT2D eigenvalue weighted by molar-refractivity contribution is -0.215. The number of halogens is 4. The minimum atomic E-state index is -4.60. The molecule has 142 valence electrons. The molecule has 1 fully saturated rings. The number of rotatable bonds is 4. The number of hydrogen-bond acceptors (Lipinski definition) is 5. The van der Waals surface area contributed by atoms with Gasteiger partial charge in [0.05, 0.1) is 17.1 Å². The van der Waals surface area contributed by atoms with E-state index in [2.05, 4.69) is 4.98 Å². The van der Waals surface area contributed by atoms with Crippen molar-refractivity contribution in [2.75, 3.05) is 18.1 Å². The number of hydrogen-bond donors (Lipinski definition) is 0. The first-order chi connectivity index (χ1) is 12.8. The minimum Gasteiger partial charge on any atom is -0.491 e. The van der Waals surface area contributed by atoms with Crippen LogP contribution in [0.2, 0.25) is 5.02 Å². The average Bonchev–Trinajstić information content (AvgIpc) is 3.07. The summed E-state index contributed by atoms with van der Waals surface area (Å²) < 4.78 is 51.2. The maximum absolute atomic E-state index is 13.5. The first kappa shape index (κ1) is 19.3. The third-order valence-electron chi connectivity index (χ3n) is 4.16. The fourth-order valence-corrected chi connectivity index (χ4v) is 3.08. The molecular formula is C18H15ClF3N3O2. The Labute approximate surface area is 158 Å². The van der Waals surface area contributed by atoms with Crippen molar-refractivity contribution in [3.63, 3.8) is 0 Å². The van der Waals surface area contributed by atoms with Crippen molar-refractivity contribution < 1.29 is 22.6 Å². The molecule has 1 aromatic heterocycles. The van der Waals surface area contributed by atoms with Gasteiger partial charge in [-0.05, 0) is 36.8 Å². The standard InChI is InChI=1S/C18H15ClF3N3O2/c1-11-15(3-2-12(8-23)16(11)19)25-9-14(27-17(25)18(20,21)22)10-26-13-4-6-24-7-5-13/h2-7,14,17H,9-10H2,1H3. The highest BCUT2D eigenvalue weighted by Crippen LogP contribution is 2.38. The third-order valence-corrected chi connectivity index (χ3v) is 4.65. The summed E-state index contributed by atoms with van der Waals surface area (Å²) in [4.78, 5) is 4.95. The van der Waals surface area contributed by atoms with E-state index in [9.17, 15) is 13.2 Å². The van der Waals surface area contributed by atoms with E-state index in [0.717, 1.165) is 4.90 Å². The number of aromatic nitrogens is 1. The van der Waals surface area contributed by atoms with Crippen molar-refractivity contribution in [2.45, 2.75) is 25.4 Å². The number of anilines is 1. The van der Waals surface area contributed by atoms with E-state index < -0.39 is 18.5 Å². The maximum atomic E-state index is 13.5. The number of benzene rings is 1. The first-order valence-electron chi connectivity index (χ1n) is 8.02. The van der Waals surface area contributed by atoms with Crippen molar-refractivity contribution in [1.82, 2.24) is 4.98 Å². The Morgan fingerprint density at radius 2 is 2.04 bits per heavy atom. The van der Waals surface area contributed by atoms with Crippen LogP contribution >= 0.6 is 11.6 Å². The van der Waals surface area contributed by atoms with Gasteiger partial charge >= 0.3 is 6.18 Å². The Balaban J connectivity index is 1.83. The highest BCUT2D eigenvalue weighted by Gasteiger charge is 2.51. The summed E-state index contributed by atoms with van der Waals surface area (Å²) in [5.41, 5.74) is 0.871. The number of alkyl halides is 3. The van der Waals surface area contributed by atoms with E-state index in [1.54, 1.807) is 19.1 Å². The summed E-state index contributed by atoms with van der Waals surface area (Å²) in [6.07, 6.45) is -4.46. The van der Waals surface area contributed by atoms with E-state index in [0.29, 0.717) is 11.3 Å². The lowest BCUT2D eigenvalue weighted by Gasteiger charge is -2.28. The van der Waals surface area contributed by atoms with Gasteiger partial charge in [-0.15, -0.1) is 0 Å². The fourth-order valence-electron chi connectivity index (χ4n) is 2.88. The predicted molar refractivity (Wildman–Crippen MR) is 92.7 cm³/mol. The zero-order chi connectivity index (χ0) is 19.6. The van der Waals surface area contributed by atoms with Crippen molar-refractivity contribution in [1.29, 1.82) is 5.26 Å². The molecule has 5 nitrogen and oxygen atoms in total. The number of ether oxygens (including phenoxy) is 2. The normalized spacial score (nSPS) is 19.8. The largest absolute Gasteiger partial charge is 0.491 e. The molecule has 0 N–H and O–H groups in total. The summed E-state index contributed by atoms with van der Waals surface area (Å²) in [6.45, 7) is 1.50. The van der Waals surface area contributed by atoms with Crippen LogP contribution in [0.5, 0.6) is 5.75 Å². The molecule has 2 atom stereocenters. The van der Waals surface area contributed by atoms with Crippen LogP contribution in [0.15, 0.2) is 36.7 Å². The van der Waals surface area contributed by atoms with Crippen LogP contribution in [0.3, 0.4) is 0 Å². The molecule has 1 aliphatic heterocycles.